The van der Waals surface area contributed by atoms with Crippen molar-refractivity contribution in [2.24, 2.45) is 0 Å². The molecule has 0 saturated carbocycles. The van der Waals surface area contributed by atoms with Crippen LogP contribution in [0, 0.1) is 13.8 Å². The van der Waals surface area contributed by atoms with E-state index in [9.17, 15) is 5.11 Å². The summed E-state index contributed by atoms with van der Waals surface area (Å²) in [7, 11) is -0.243. The highest BCUT2D eigenvalue weighted by Gasteiger charge is 2.52. The van der Waals surface area contributed by atoms with E-state index < -0.39 is 11.2 Å². The molecule has 174 valence electrons. The molecule has 1 heterocycles. The fourth-order valence-corrected chi connectivity index (χ4v) is 4.58. The van der Waals surface area contributed by atoms with Crippen LogP contribution >= 0.6 is 8.81 Å². The Morgan fingerprint density at radius 1 is 0.844 bits per heavy atom. The molecule has 0 aromatic heterocycles. The Kier molecular flexibility index (Phi) is 6.77. The molecular formula is C26H38BO4P. The highest BCUT2D eigenvalue weighted by Crippen LogP contribution is 2.38. The van der Waals surface area contributed by atoms with Crippen molar-refractivity contribution < 1.29 is 18.9 Å². The van der Waals surface area contributed by atoms with Gasteiger partial charge in [0.05, 0.1) is 22.4 Å². The second-order valence-electron chi connectivity index (χ2n) is 10.9. The molecule has 0 bridgehead atoms. The van der Waals surface area contributed by atoms with Crippen molar-refractivity contribution in [3.05, 3.63) is 47.5 Å². The van der Waals surface area contributed by atoms with Crippen LogP contribution in [0.4, 0.5) is 0 Å². The first-order valence-corrected chi connectivity index (χ1v) is 12.2. The Labute approximate surface area is 196 Å². The monoisotopic (exact) mass is 456 g/mol. The number of rotatable bonds is 6. The van der Waals surface area contributed by atoms with E-state index in [2.05, 4.69) is 77.9 Å². The van der Waals surface area contributed by atoms with E-state index in [1.165, 1.54) is 16.7 Å². The third-order valence-corrected chi connectivity index (χ3v) is 8.77. The van der Waals surface area contributed by atoms with Crippen LogP contribution in [0.5, 0.6) is 0 Å². The lowest BCUT2D eigenvalue weighted by Crippen LogP contribution is -2.45. The molecule has 1 aliphatic rings. The van der Waals surface area contributed by atoms with Crippen molar-refractivity contribution in [3.63, 3.8) is 0 Å². The minimum absolute atomic E-state index is 0.144. The van der Waals surface area contributed by atoms with E-state index >= 15 is 0 Å². The summed E-state index contributed by atoms with van der Waals surface area (Å²) in [6.07, 6.45) is 0. The van der Waals surface area contributed by atoms with Gasteiger partial charge in [-0.15, -0.1) is 0 Å². The van der Waals surface area contributed by atoms with Crippen LogP contribution < -0.4 is 10.8 Å². The minimum Gasteiger partial charge on any atom is -0.399 e. The molecule has 1 atom stereocenters. The molecule has 1 aliphatic heterocycles. The molecule has 32 heavy (non-hydrogen) atoms. The molecule has 1 fully saturated rings. The van der Waals surface area contributed by atoms with Gasteiger partial charge < -0.3 is 18.9 Å². The molecule has 2 aromatic carbocycles. The Morgan fingerprint density at radius 3 is 1.88 bits per heavy atom. The van der Waals surface area contributed by atoms with Crippen LogP contribution in [-0.2, 0) is 13.8 Å². The van der Waals surface area contributed by atoms with Crippen molar-refractivity contribution >= 4 is 26.7 Å². The summed E-state index contributed by atoms with van der Waals surface area (Å²) in [4.78, 5) is 0. The van der Waals surface area contributed by atoms with Crippen molar-refractivity contribution in [3.8, 4) is 11.1 Å². The molecular weight excluding hydrogens is 418 g/mol. The molecule has 0 aliphatic carbocycles. The zero-order valence-electron chi connectivity index (χ0n) is 21.2. The maximum absolute atomic E-state index is 10.4. The Balaban J connectivity index is 1.93. The van der Waals surface area contributed by atoms with Gasteiger partial charge in [-0.2, -0.15) is 0 Å². The van der Waals surface area contributed by atoms with Gasteiger partial charge in [0.1, 0.15) is 0 Å². The van der Waals surface area contributed by atoms with Gasteiger partial charge in [-0.1, -0.05) is 36.4 Å². The van der Waals surface area contributed by atoms with Crippen LogP contribution in [0.1, 0.15) is 66.5 Å². The Bertz CT molecular complexity index is 976. The van der Waals surface area contributed by atoms with Crippen LogP contribution in [0.3, 0.4) is 0 Å². The minimum atomic E-state index is -0.931. The normalized spacial score (nSPS) is 18.7. The maximum Gasteiger partial charge on any atom is 0.495 e. The molecule has 6 heteroatoms. The van der Waals surface area contributed by atoms with Gasteiger partial charge >= 0.3 is 7.12 Å². The molecule has 0 spiro atoms. The van der Waals surface area contributed by atoms with Gasteiger partial charge in [-0.05, 0) is 97.0 Å². The topological polar surface area (TPSA) is 47.9 Å². The number of hydrogen-bond acceptors (Lipinski definition) is 4. The van der Waals surface area contributed by atoms with Gasteiger partial charge in [-0.3, -0.25) is 0 Å². The highest BCUT2D eigenvalue weighted by atomic mass is 31.1. The molecule has 4 nitrogen and oxygen atoms in total. The second-order valence-corrected chi connectivity index (χ2v) is 11.8. The fraction of sp³-hybridized carbons (Fsp3) is 0.538. The van der Waals surface area contributed by atoms with E-state index in [-0.39, 0.29) is 27.1 Å². The SMILES string of the molecule is Cc1c(POC(C)(C)C(C)(C)O)cccc1-c1cccc(B2OC(C)(C)C(C)(C)O2)c1C. The largest absolute Gasteiger partial charge is 0.495 e. The molecule has 1 saturated heterocycles. The summed E-state index contributed by atoms with van der Waals surface area (Å²) < 4.78 is 18.8. The van der Waals surface area contributed by atoms with Crippen molar-refractivity contribution in [1.29, 1.82) is 0 Å². The van der Waals surface area contributed by atoms with Crippen LogP contribution in [0.2, 0.25) is 0 Å². The van der Waals surface area contributed by atoms with Gasteiger partial charge in [0.15, 0.2) is 0 Å². The molecule has 0 radical (unpaired) electrons. The zero-order chi connectivity index (χ0) is 24.1. The quantitative estimate of drug-likeness (QED) is 0.488. The summed E-state index contributed by atoms with van der Waals surface area (Å²) in [6.45, 7) is 20.0. The van der Waals surface area contributed by atoms with Gasteiger partial charge in [0.25, 0.3) is 0 Å². The average Bonchev–Trinajstić information content (AvgIpc) is 2.87. The van der Waals surface area contributed by atoms with Gasteiger partial charge in [0.2, 0.25) is 0 Å². The molecule has 3 rings (SSSR count). The van der Waals surface area contributed by atoms with E-state index in [0.717, 1.165) is 16.3 Å². The number of benzene rings is 2. The first kappa shape index (κ1) is 25.4. The van der Waals surface area contributed by atoms with E-state index in [1.54, 1.807) is 13.8 Å². The summed E-state index contributed by atoms with van der Waals surface area (Å²) in [5.74, 6) is 0. The van der Waals surface area contributed by atoms with E-state index in [1.807, 2.05) is 13.8 Å². The molecule has 2 aromatic rings. The number of hydrogen-bond donors (Lipinski definition) is 1. The standard InChI is InChI=1S/C26H38BO4P/c1-17-19(13-11-15-21(17)27-29-25(7,8)26(9,10)30-27)20-14-12-16-22(18(20)2)32-31-24(5,6)23(3,4)28/h11-16,28,32H,1-10H3. The Morgan fingerprint density at radius 2 is 1.34 bits per heavy atom. The lowest BCUT2D eigenvalue weighted by molar-refractivity contribution is -0.0833. The predicted molar refractivity (Wildman–Crippen MR) is 136 cm³/mol. The first-order valence-electron chi connectivity index (χ1n) is 11.3. The third kappa shape index (κ3) is 4.69. The van der Waals surface area contributed by atoms with Crippen molar-refractivity contribution in [1.82, 2.24) is 0 Å². The molecule has 1 N–H and O–H groups in total. The third-order valence-electron chi connectivity index (χ3n) is 7.40. The Hall–Kier alpha value is -1.23. The summed E-state index contributed by atoms with van der Waals surface area (Å²) in [5.41, 5.74) is 3.42. The summed E-state index contributed by atoms with van der Waals surface area (Å²) >= 11 is 0. The predicted octanol–water partition coefficient (Wildman–Crippen LogP) is 5.05. The molecule has 0 amide bonds. The highest BCUT2D eigenvalue weighted by molar-refractivity contribution is 7.42. The van der Waals surface area contributed by atoms with Crippen molar-refractivity contribution in [2.45, 2.75) is 91.6 Å². The van der Waals surface area contributed by atoms with E-state index in [0.29, 0.717) is 0 Å². The fourth-order valence-electron chi connectivity index (χ4n) is 3.52. The lowest BCUT2D eigenvalue weighted by Gasteiger charge is -2.37. The zero-order valence-corrected chi connectivity index (χ0v) is 22.2. The lowest BCUT2D eigenvalue weighted by atomic mass is 9.74. The maximum atomic E-state index is 10.4. The van der Waals surface area contributed by atoms with Crippen molar-refractivity contribution in [2.75, 3.05) is 0 Å². The summed E-state index contributed by atoms with van der Waals surface area (Å²) in [5, 5.41) is 11.6. The van der Waals surface area contributed by atoms with Gasteiger partial charge in [-0.25, -0.2) is 0 Å². The average molecular weight is 456 g/mol. The van der Waals surface area contributed by atoms with Crippen LogP contribution in [0.15, 0.2) is 36.4 Å². The summed E-state index contributed by atoms with van der Waals surface area (Å²) in [6, 6.07) is 12.7. The first-order chi connectivity index (χ1) is 14.6. The smallest absolute Gasteiger partial charge is 0.399 e. The molecule has 1 unspecified atom stereocenters. The van der Waals surface area contributed by atoms with Crippen LogP contribution in [-0.4, -0.2) is 34.6 Å². The number of aliphatic hydroxyl groups is 1. The second kappa shape index (κ2) is 8.53. The van der Waals surface area contributed by atoms with Crippen LogP contribution in [0.25, 0.3) is 11.1 Å². The van der Waals surface area contributed by atoms with E-state index in [4.69, 9.17) is 13.8 Å². The van der Waals surface area contributed by atoms with Gasteiger partial charge in [0, 0.05) is 14.1 Å².